The molecule has 0 radical (unpaired) electrons. The number of fused-ring (bicyclic) bond motifs is 4. The zero-order valence-electron chi connectivity index (χ0n) is 34.1. The number of aromatic carboxylic acids is 1. The number of aliphatic imine (C=N–C) groups is 1. The minimum absolute atomic E-state index is 0.0806. The monoisotopic (exact) mass is 812 g/mol. The van der Waals surface area contributed by atoms with Crippen molar-refractivity contribution in [3.05, 3.63) is 82.7 Å². The van der Waals surface area contributed by atoms with Gasteiger partial charge in [0, 0.05) is 77.1 Å². The third-order valence-corrected chi connectivity index (χ3v) is 17.7. The lowest BCUT2D eigenvalue weighted by molar-refractivity contribution is 0.0689. The molecule has 2 aromatic carbocycles. The van der Waals surface area contributed by atoms with E-state index in [1.54, 1.807) is 19.2 Å². The summed E-state index contributed by atoms with van der Waals surface area (Å²) in [4.78, 5) is 43.0. The molecule has 3 aliphatic rings. The lowest BCUT2D eigenvalue weighted by Gasteiger charge is -2.55. The smallest absolute Gasteiger partial charge is 0.355 e. The fourth-order valence-corrected chi connectivity index (χ4v) is 17.1. The number of carbonyl (C=O) groups is 2. The molecule has 0 saturated carbocycles. The molecule has 2 aromatic heterocycles. The van der Waals surface area contributed by atoms with Gasteiger partial charge in [-0.1, -0.05) is 51.2 Å². The number of para-hydroxylation sites is 1. The van der Waals surface area contributed by atoms with Gasteiger partial charge in [0.25, 0.3) is 5.91 Å². The minimum atomic E-state index is -1.75. The second-order valence-corrected chi connectivity index (χ2v) is 21.5. The minimum Gasteiger partial charge on any atom is -0.496 e. The molecule has 1 amide bonds. The molecule has 4 atom stereocenters. The van der Waals surface area contributed by atoms with E-state index in [9.17, 15) is 14.7 Å². The maximum Gasteiger partial charge on any atom is 0.355 e. The van der Waals surface area contributed by atoms with E-state index >= 15 is 0 Å². The summed E-state index contributed by atoms with van der Waals surface area (Å²) in [7, 11) is 1.74. The van der Waals surface area contributed by atoms with Crippen LogP contribution in [0.3, 0.4) is 0 Å². The summed E-state index contributed by atoms with van der Waals surface area (Å²) in [5.74, 6) is -0.250. The Morgan fingerprint density at radius 1 is 1.04 bits per heavy atom. The van der Waals surface area contributed by atoms with Gasteiger partial charge < -0.3 is 20.5 Å². The third-order valence-electron chi connectivity index (χ3n) is 12.2. The number of allylic oxidation sites excluding steroid dienone is 1. The Balaban J connectivity index is 1.13. The molecular weight excluding hydrogens is 758 g/mol. The molecule has 2 fully saturated rings. The zero-order chi connectivity index (χ0) is 40.8. The Kier molecular flexibility index (Phi) is 11.3. The Morgan fingerprint density at radius 3 is 2.47 bits per heavy atom. The first-order valence-electron chi connectivity index (χ1n) is 19.6. The standard InChI is InChI=1S/C43H54N7O5PS/c1-8-41(3)21-42(4)22-43(5,26-56(24-41,25-42)55-45-6)23-46-27(2)31(19-44)29-14-16-36(48-37(29)39(52)53)50-18-17-28-32(20-50)30(13-15-34(28)54-7)38(51)49-40-47-33-11-9-10-12-35(33)57-40/h9-16,19,45H,8,17-18,20-26H2,1-7H3,(H3-,44,46,47,49,51,52,53)/p+1. The molecule has 2 saturated heterocycles. The number of ether oxygens (including phenoxy) is 1. The molecular formula is C43H55N7O5PS+. The number of carbonyl (C=O) groups excluding carboxylic acids is 1. The van der Waals surface area contributed by atoms with Gasteiger partial charge >= 0.3 is 5.97 Å². The molecule has 14 heteroatoms. The highest BCUT2D eigenvalue weighted by atomic mass is 32.1. The fourth-order valence-electron chi connectivity index (χ4n) is 10.4. The van der Waals surface area contributed by atoms with Crippen LogP contribution < -0.4 is 26.2 Å². The molecule has 2 bridgehead atoms. The Labute approximate surface area is 339 Å². The normalized spacial score (nSPS) is 26.3. The molecule has 0 aliphatic carbocycles. The number of rotatable bonds is 12. The van der Waals surface area contributed by atoms with Crippen molar-refractivity contribution in [2.24, 2.45) is 27.0 Å². The molecule has 4 aromatic rings. The number of anilines is 2. The number of nitrogens with one attached hydrogen (secondary N) is 2. The van der Waals surface area contributed by atoms with Crippen molar-refractivity contribution < 1.29 is 24.1 Å². The van der Waals surface area contributed by atoms with Gasteiger partial charge in [0.05, 0.1) is 35.8 Å². The Morgan fingerprint density at radius 2 is 1.77 bits per heavy atom. The van der Waals surface area contributed by atoms with Crippen molar-refractivity contribution >= 4 is 63.2 Å². The molecule has 7 rings (SSSR count). The number of hydrogen-bond acceptors (Lipinski definition) is 11. The van der Waals surface area contributed by atoms with E-state index in [1.807, 2.05) is 55.3 Å². The van der Waals surface area contributed by atoms with Crippen LogP contribution in [0, 0.1) is 16.2 Å². The lowest BCUT2D eigenvalue weighted by Crippen LogP contribution is -2.52. The summed E-state index contributed by atoms with van der Waals surface area (Å²) in [5, 5.41) is 14.0. The van der Waals surface area contributed by atoms with Gasteiger partial charge in [0.2, 0.25) is 0 Å². The molecule has 302 valence electrons. The number of benzene rings is 2. The van der Waals surface area contributed by atoms with E-state index in [-0.39, 0.29) is 27.8 Å². The van der Waals surface area contributed by atoms with E-state index in [0.717, 1.165) is 52.7 Å². The van der Waals surface area contributed by atoms with Crippen LogP contribution in [0.1, 0.15) is 91.4 Å². The van der Waals surface area contributed by atoms with Gasteiger partial charge in [0.15, 0.2) is 18.3 Å². The number of amides is 1. The van der Waals surface area contributed by atoms with Crippen molar-refractivity contribution in [3.8, 4) is 5.75 Å². The van der Waals surface area contributed by atoms with Gasteiger partial charge in [-0.05, 0) is 74.6 Å². The van der Waals surface area contributed by atoms with Crippen LogP contribution in [0.4, 0.5) is 10.9 Å². The van der Waals surface area contributed by atoms with Gasteiger partial charge in [-0.3, -0.25) is 15.1 Å². The van der Waals surface area contributed by atoms with E-state index in [1.165, 1.54) is 24.0 Å². The van der Waals surface area contributed by atoms with Crippen LogP contribution in [0.2, 0.25) is 0 Å². The number of thiazole rings is 1. The summed E-state index contributed by atoms with van der Waals surface area (Å²) in [6.07, 6.45) is 8.58. The van der Waals surface area contributed by atoms with Crippen LogP contribution in [0.25, 0.3) is 15.8 Å². The first-order valence-corrected chi connectivity index (χ1v) is 22.7. The molecule has 4 unspecified atom stereocenters. The maximum absolute atomic E-state index is 13.8. The van der Waals surface area contributed by atoms with Gasteiger partial charge in [-0.25, -0.2) is 14.8 Å². The Hall–Kier alpha value is -4.42. The highest BCUT2D eigenvalue weighted by Gasteiger charge is 2.64. The average Bonchev–Trinajstić information content (AvgIpc) is 3.58. The highest BCUT2D eigenvalue weighted by Crippen LogP contribution is 2.77. The van der Waals surface area contributed by atoms with Crippen LogP contribution >= 0.6 is 18.8 Å². The van der Waals surface area contributed by atoms with E-state index in [0.29, 0.717) is 65.2 Å². The number of nitrogens with two attached hydrogens (primary N) is 1. The number of methoxy groups -OCH3 is 1. The fraction of sp³-hybridized carbons (Fsp3) is 0.465. The number of hydroxylamine groups is 1. The van der Waals surface area contributed by atoms with Crippen molar-refractivity contribution in [2.75, 3.05) is 55.9 Å². The van der Waals surface area contributed by atoms with Crippen LogP contribution in [0.15, 0.2) is 59.7 Å². The first kappa shape index (κ1) is 40.8. The molecule has 12 nitrogen and oxygen atoms in total. The number of carboxylic acids is 1. The number of aromatic nitrogens is 2. The SMILES string of the molecule is CCC1(C)CC2(C)CC(C)(CN=C(C)C(=CN)c3ccc(N4CCc5c(OC)ccc(C(=O)Nc6nc7ccccc7s6)c5C4)nc3C(=O)O)C[P+](ONC)(C1)C2. The van der Waals surface area contributed by atoms with Crippen molar-refractivity contribution in [3.63, 3.8) is 0 Å². The van der Waals surface area contributed by atoms with E-state index in [2.05, 4.69) is 43.5 Å². The van der Waals surface area contributed by atoms with Crippen molar-refractivity contribution in [1.82, 2.24) is 15.4 Å². The predicted molar refractivity (Wildman–Crippen MR) is 232 cm³/mol. The molecule has 5 N–H and O–H groups in total. The lowest BCUT2D eigenvalue weighted by atomic mass is 9.65. The zero-order valence-corrected chi connectivity index (χ0v) is 35.8. The summed E-state index contributed by atoms with van der Waals surface area (Å²) in [5.41, 5.74) is 14.2. The van der Waals surface area contributed by atoms with Gasteiger partial charge in [0.1, 0.15) is 11.6 Å². The van der Waals surface area contributed by atoms with Crippen LogP contribution in [0.5, 0.6) is 5.75 Å². The van der Waals surface area contributed by atoms with E-state index in [4.69, 9.17) is 25.1 Å². The quantitative estimate of drug-likeness (QED) is 0.0622. The first-order chi connectivity index (χ1) is 27.1. The second-order valence-electron chi connectivity index (χ2n) is 17.2. The van der Waals surface area contributed by atoms with Crippen molar-refractivity contribution in [1.29, 1.82) is 0 Å². The maximum atomic E-state index is 13.8. The topological polar surface area (TPSA) is 164 Å². The summed E-state index contributed by atoms with van der Waals surface area (Å²) < 4.78 is 13.2. The number of nitrogens with zero attached hydrogens (tertiary/aromatic N) is 4. The van der Waals surface area contributed by atoms with Crippen molar-refractivity contribution in [2.45, 2.75) is 66.8 Å². The number of hydrogen-bond donors (Lipinski definition) is 4. The Bertz CT molecular complexity index is 2250. The number of pyridine rings is 1. The molecule has 3 aliphatic heterocycles. The second kappa shape index (κ2) is 15.7. The third kappa shape index (κ3) is 8.17. The largest absolute Gasteiger partial charge is 0.496 e. The molecule has 5 heterocycles. The number of carboxylic acid groups (broad SMARTS) is 1. The van der Waals surface area contributed by atoms with E-state index < -0.39 is 13.5 Å². The summed E-state index contributed by atoms with van der Waals surface area (Å²) >= 11 is 1.42. The van der Waals surface area contributed by atoms with Crippen LogP contribution in [-0.4, -0.2) is 78.4 Å². The predicted octanol–water partition coefficient (Wildman–Crippen LogP) is 8.29. The van der Waals surface area contributed by atoms with Gasteiger partial charge in [-0.15, -0.1) is 0 Å². The summed E-state index contributed by atoms with van der Waals surface area (Å²) in [6, 6.07) is 14.9. The highest BCUT2D eigenvalue weighted by molar-refractivity contribution is 7.71. The van der Waals surface area contributed by atoms with Gasteiger partial charge in [-0.2, -0.15) is 10.1 Å². The molecule has 0 spiro atoms. The molecule has 57 heavy (non-hydrogen) atoms. The van der Waals surface area contributed by atoms with Crippen LogP contribution in [-0.2, 0) is 17.6 Å². The summed E-state index contributed by atoms with van der Waals surface area (Å²) in [6.45, 7) is 12.8. The average molecular weight is 813 g/mol.